The number of sulfonamides is 1. The van der Waals surface area contributed by atoms with E-state index in [1.807, 2.05) is 16.7 Å². The second-order valence-electron chi connectivity index (χ2n) is 11.5. The van der Waals surface area contributed by atoms with E-state index in [1.165, 1.54) is 31.5 Å². The van der Waals surface area contributed by atoms with Crippen molar-refractivity contribution in [3.63, 3.8) is 0 Å². The number of rotatable bonds is 7. The number of nitrogens with one attached hydrogen (secondary N) is 1. The molecule has 42 heavy (non-hydrogen) atoms. The molecule has 1 aromatic heterocycles. The Bertz CT molecular complexity index is 1620. The summed E-state index contributed by atoms with van der Waals surface area (Å²) in [6.45, 7) is 5.51. The molecule has 0 amide bonds. The molecule has 0 radical (unpaired) electrons. The van der Waals surface area contributed by atoms with Crippen LogP contribution in [0, 0.1) is 23.2 Å². The van der Waals surface area contributed by atoms with E-state index in [0.29, 0.717) is 5.69 Å². The number of aromatic nitrogens is 1. The molecule has 2 fully saturated rings. The minimum atomic E-state index is -4.29. The first-order chi connectivity index (χ1) is 20.0. The van der Waals surface area contributed by atoms with Gasteiger partial charge < -0.3 is 29.5 Å². The molecular formula is C31H38N4O6S. The van der Waals surface area contributed by atoms with Crippen molar-refractivity contribution in [1.29, 1.82) is 5.26 Å². The molecule has 4 N–H and O–H groups in total. The summed E-state index contributed by atoms with van der Waals surface area (Å²) in [5.74, 6) is -0.339. The molecule has 10 nitrogen and oxygen atoms in total. The molecule has 5 rings (SSSR count). The van der Waals surface area contributed by atoms with Crippen LogP contribution in [0.3, 0.4) is 0 Å². The number of benzene rings is 2. The van der Waals surface area contributed by atoms with Gasteiger partial charge in [-0.05, 0) is 78.4 Å². The zero-order valence-electron chi connectivity index (χ0n) is 24.0. The summed E-state index contributed by atoms with van der Waals surface area (Å²) in [5.41, 5.74) is 3.55. The Hall–Kier alpha value is -3.24. The third-order valence-corrected chi connectivity index (χ3v) is 9.94. The zero-order valence-corrected chi connectivity index (χ0v) is 24.8. The summed E-state index contributed by atoms with van der Waals surface area (Å²) in [4.78, 5) is 1.92. The van der Waals surface area contributed by atoms with E-state index >= 15 is 0 Å². The van der Waals surface area contributed by atoms with Crippen molar-refractivity contribution in [2.24, 2.45) is 18.9 Å². The van der Waals surface area contributed by atoms with E-state index < -0.39 is 52.0 Å². The highest BCUT2D eigenvalue weighted by Gasteiger charge is 2.42. The third-order valence-electron chi connectivity index (χ3n) is 8.61. The average molecular weight is 595 g/mol. The van der Waals surface area contributed by atoms with Crippen LogP contribution in [0.5, 0.6) is 0 Å². The van der Waals surface area contributed by atoms with Gasteiger partial charge in [-0.1, -0.05) is 25.1 Å². The molecule has 1 unspecified atom stereocenters. The topological polar surface area (TPSA) is 148 Å². The van der Waals surface area contributed by atoms with Gasteiger partial charge in [0, 0.05) is 43.8 Å². The highest BCUT2D eigenvalue weighted by molar-refractivity contribution is 7.93. The van der Waals surface area contributed by atoms with Crippen LogP contribution >= 0.6 is 0 Å². The molecule has 2 aromatic carbocycles. The van der Waals surface area contributed by atoms with Crippen molar-refractivity contribution in [1.82, 2.24) is 9.29 Å². The Kier molecular flexibility index (Phi) is 8.76. The van der Waals surface area contributed by atoms with Crippen molar-refractivity contribution in [2.45, 2.75) is 51.3 Å². The van der Waals surface area contributed by atoms with Gasteiger partial charge >= 0.3 is 0 Å². The van der Waals surface area contributed by atoms with Crippen LogP contribution in [-0.2, 0) is 21.8 Å². The summed E-state index contributed by atoms with van der Waals surface area (Å²) < 4.78 is 35.2. The van der Waals surface area contributed by atoms with Gasteiger partial charge in [-0.25, -0.2) is 13.1 Å². The Morgan fingerprint density at radius 1 is 1.05 bits per heavy atom. The predicted molar refractivity (Wildman–Crippen MR) is 162 cm³/mol. The molecule has 2 aliphatic rings. The summed E-state index contributed by atoms with van der Waals surface area (Å²) in [6, 6.07) is 18.1. The number of allylic oxidation sites excluding steroid dienone is 1. The van der Waals surface area contributed by atoms with E-state index in [2.05, 4.69) is 46.9 Å². The van der Waals surface area contributed by atoms with E-state index in [-0.39, 0.29) is 0 Å². The normalized spacial score (nSPS) is 26.0. The Morgan fingerprint density at radius 3 is 2.45 bits per heavy atom. The lowest BCUT2D eigenvalue weighted by molar-refractivity contribution is -0.257. The second kappa shape index (κ2) is 12.2. The van der Waals surface area contributed by atoms with Gasteiger partial charge in [0.15, 0.2) is 11.2 Å². The number of aliphatic hydroxyl groups excluding tert-OH is 3. The molecule has 3 heterocycles. The van der Waals surface area contributed by atoms with Crippen LogP contribution in [-0.4, -0.2) is 72.5 Å². The smallest absolute Gasteiger partial charge is 0.250 e. The summed E-state index contributed by atoms with van der Waals surface area (Å²) >= 11 is 0. The Balaban J connectivity index is 1.33. The SMILES string of the molecule is CC1CCN(c2ccc3cc(-c4ccc(/C=C(\C#N)S(=O)(=O)NC[C@@H]5[C@@H](O)O[C@@H](C)C(O)[C@@H]5O)n4C)ccc3c2)CC1. The average Bonchev–Trinajstić information content (AvgIpc) is 3.33. The number of anilines is 1. The van der Waals surface area contributed by atoms with Crippen LogP contribution < -0.4 is 9.62 Å². The van der Waals surface area contributed by atoms with Crippen LogP contribution in [0.1, 0.15) is 32.4 Å². The lowest BCUT2D eigenvalue weighted by atomic mass is 9.91. The lowest BCUT2D eigenvalue weighted by Gasteiger charge is -2.39. The maximum absolute atomic E-state index is 13.0. The maximum atomic E-state index is 13.0. The van der Waals surface area contributed by atoms with Crippen LogP contribution in [0.25, 0.3) is 28.1 Å². The highest BCUT2D eigenvalue weighted by Crippen LogP contribution is 2.31. The summed E-state index contributed by atoms with van der Waals surface area (Å²) in [6.07, 6.45) is -1.29. The monoisotopic (exact) mass is 594 g/mol. The third kappa shape index (κ3) is 6.10. The number of fused-ring (bicyclic) bond motifs is 1. The lowest BCUT2D eigenvalue weighted by Crippen LogP contribution is -2.56. The molecule has 2 saturated heterocycles. The predicted octanol–water partition coefficient (Wildman–Crippen LogP) is 2.94. The molecule has 11 heteroatoms. The number of nitriles is 1. The van der Waals surface area contributed by atoms with Gasteiger partial charge in [-0.2, -0.15) is 5.26 Å². The minimum Gasteiger partial charge on any atom is -0.390 e. The number of aliphatic hydroxyl groups is 3. The van der Waals surface area contributed by atoms with E-state index in [0.717, 1.165) is 41.0 Å². The number of hydrogen-bond donors (Lipinski definition) is 4. The van der Waals surface area contributed by atoms with Crippen molar-refractivity contribution in [3.8, 4) is 17.3 Å². The number of hydrogen-bond acceptors (Lipinski definition) is 8. The van der Waals surface area contributed by atoms with E-state index in [9.17, 15) is 29.0 Å². The van der Waals surface area contributed by atoms with Crippen molar-refractivity contribution < 1.29 is 28.5 Å². The van der Waals surface area contributed by atoms with Crippen LogP contribution in [0.2, 0.25) is 0 Å². The van der Waals surface area contributed by atoms with Gasteiger partial charge in [0.2, 0.25) is 0 Å². The number of nitrogens with zero attached hydrogens (tertiary/aromatic N) is 3. The zero-order chi connectivity index (χ0) is 30.2. The van der Waals surface area contributed by atoms with Crippen molar-refractivity contribution in [3.05, 3.63) is 59.1 Å². The summed E-state index contributed by atoms with van der Waals surface area (Å²) in [7, 11) is -2.49. The maximum Gasteiger partial charge on any atom is 0.250 e. The quantitative estimate of drug-likeness (QED) is 0.305. The molecule has 0 bridgehead atoms. The number of piperidine rings is 1. The van der Waals surface area contributed by atoms with E-state index in [4.69, 9.17) is 4.74 Å². The fourth-order valence-corrected chi connectivity index (χ4v) is 6.69. The minimum absolute atomic E-state index is 0.429. The molecule has 2 aliphatic heterocycles. The van der Waals surface area contributed by atoms with E-state index in [1.54, 1.807) is 19.2 Å². The highest BCUT2D eigenvalue weighted by atomic mass is 32.2. The molecule has 224 valence electrons. The fourth-order valence-electron chi connectivity index (χ4n) is 5.73. The first-order valence-corrected chi connectivity index (χ1v) is 15.7. The number of ether oxygens (including phenoxy) is 1. The summed E-state index contributed by atoms with van der Waals surface area (Å²) in [5, 5.41) is 42.4. The van der Waals surface area contributed by atoms with Crippen molar-refractivity contribution in [2.75, 3.05) is 24.5 Å². The van der Waals surface area contributed by atoms with Gasteiger partial charge in [0.1, 0.15) is 12.2 Å². The Labute approximate surface area is 246 Å². The Morgan fingerprint density at radius 2 is 1.74 bits per heavy atom. The van der Waals surface area contributed by atoms with Gasteiger partial charge in [-0.3, -0.25) is 0 Å². The first kappa shape index (κ1) is 30.2. The van der Waals surface area contributed by atoms with Gasteiger partial charge in [0.05, 0.1) is 18.1 Å². The molecule has 3 aromatic rings. The standard InChI is InChI=1S/C31H38N4O6S/c1-19-10-12-35(13-11-19)25-7-6-21-14-23(5-4-22(21)15-25)28-9-8-24(34(28)3)16-26(17-32)42(39,40)33-18-27-30(37)29(36)20(2)41-31(27)38/h4-9,14-16,19-20,27,29-31,33,36-38H,10-13,18H2,1-3H3/b26-16+/t20-,27-,29?,30+,31-/m0/s1. The van der Waals surface area contributed by atoms with Crippen LogP contribution in [0.4, 0.5) is 5.69 Å². The largest absolute Gasteiger partial charge is 0.390 e. The first-order valence-electron chi connectivity index (χ1n) is 14.2. The second-order valence-corrected chi connectivity index (χ2v) is 13.2. The molecular weight excluding hydrogens is 556 g/mol. The molecule has 0 spiro atoms. The van der Waals surface area contributed by atoms with Crippen molar-refractivity contribution >= 4 is 32.6 Å². The molecule has 0 saturated carbocycles. The van der Waals surface area contributed by atoms with Crippen LogP contribution in [0.15, 0.2) is 53.4 Å². The molecule has 0 aliphatic carbocycles. The van der Waals surface area contributed by atoms with Gasteiger partial charge in [0.25, 0.3) is 10.0 Å². The van der Waals surface area contributed by atoms with Gasteiger partial charge in [-0.15, -0.1) is 0 Å². The molecule has 5 atom stereocenters. The fraction of sp³-hybridized carbons (Fsp3) is 0.452.